The van der Waals surface area contributed by atoms with Crippen LogP contribution in [-0.4, -0.2) is 43.8 Å². The summed E-state index contributed by atoms with van der Waals surface area (Å²) in [6, 6.07) is 18.7. The third-order valence-corrected chi connectivity index (χ3v) is 9.95. The van der Waals surface area contributed by atoms with Crippen LogP contribution in [0.2, 0.25) is 10.0 Å². The van der Waals surface area contributed by atoms with Gasteiger partial charge in [-0.25, -0.2) is 8.42 Å². The molecule has 3 aromatic carbocycles. The molecule has 4 rings (SSSR count). The zero-order chi connectivity index (χ0) is 28.9. The maximum Gasteiger partial charge on any atom is 0.264 e. The Balaban J connectivity index is 1.71. The number of benzene rings is 3. The van der Waals surface area contributed by atoms with Gasteiger partial charge < -0.3 is 10.2 Å². The molecule has 0 radical (unpaired) electrons. The molecule has 0 bridgehead atoms. The smallest absolute Gasteiger partial charge is 0.264 e. The Kier molecular flexibility index (Phi) is 10.2. The average Bonchev–Trinajstić information content (AvgIpc) is 3.44. The molecule has 0 aromatic heterocycles. The van der Waals surface area contributed by atoms with Gasteiger partial charge in [0, 0.05) is 32.7 Å². The van der Waals surface area contributed by atoms with Gasteiger partial charge in [-0.2, -0.15) is 0 Å². The fraction of sp³-hybridized carbons (Fsp3) is 0.310. The van der Waals surface area contributed by atoms with Crippen LogP contribution in [0, 0.1) is 0 Å². The average molecular weight is 667 g/mol. The zero-order valence-electron chi connectivity index (χ0n) is 21.9. The van der Waals surface area contributed by atoms with Crippen molar-refractivity contribution in [2.75, 3.05) is 10.8 Å². The lowest BCUT2D eigenvalue weighted by Gasteiger charge is -2.33. The van der Waals surface area contributed by atoms with Gasteiger partial charge in [-0.1, -0.05) is 82.3 Å². The van der Waals surface area contributed by atoms with E-state index >= 15 is 0 Å². The van der Waals surface area contributed by atoms with Crippen LogP contribution in [0.5, 0.6) is 0 Å². The molecular formula is C29H30BrCl2N3O4S. The van der Waals surface area contributed by atoms with Gasteiger partial charge in [0.1, 0.15) is 12.6 Å². The monoisotopic (exact) mass is 665 g/mol. The summed E-state index contributed by atoms with van der Waals surface area (Å²) in [6.45, 7) is 1.01. The van der Waals surface area contributed by atoms with Gasteiger partial charge in [0.2, 0.25) is 11.8 Å². The van der Waals surface area contributed by atoms with E-state index in [1.165, 1.54) is 17.0 Å². The van der Waals surface area contributed by atoms with Crippen LogP contribution in [-0.2, 0) is 26.2 Å². The van der Waals surface area contributed by atoms with Crippen LogP contribution in [0.4, 0.5) is 5.69 Å². The Bertz CT molecular complexity index is 1450. The minimum Gasteiger partial charge on any atom is -0.352 e. The number of hydrogen-bond donors (Lipinski definition) is 1. The van der Waals surface area contributed by atoms with Gasteiger partial charge in [-0.15, -0.1) is 0 Å². The molecule has 1 aliphatic rings. The van der Waals surface area contributed by atoms with Gasteiger partial charge in [0.05, 0.1) is 10.6 Å². The fourth-order valence-electron chi connectivity index (χ4n) is 4.71. The zero-order valence-corrected chi connectivity index (χ0v) is 25.8. The molecule has 2 amide bonds. The second-order valence-corrected chi connectivity index (χ2v) is 13.3. The first-order chi connectivity index (χ1) is 19.1. The molecule has 1 aliphatic carbocycles. The van der Waals surface area contributed by atoms with E-state index in [9.17, 15) is 18.0 Å². The summed E-state index contributed by atoms with van der Waals surface area (Å²) in [4.78, 5) is 28.7. The van der Waals surface area contributed by atoms with Gasteiger partial charge >= 0.3 is 0 Å². The van der Waals surface area contributed by atoms with Crippen molar-refractivity contribution >= 4 is 66.7 Å². The number of nitrogens with one attached hydrogen (secondary N) is 1. The van der Waals surface area contributed by atoms with Crippen molar-refractivity contribution in [2.45, 2.75) is 56.1 Å². The number of amides is 2. The summed E-state index contributed by atoms with van der Waals surface area (Å²) in [5.74, 6) is -0.895. The van der Waals surface area contributed by atoms with E-state index < -0.39 is 28.5 Å². The van der Waals surface area contributed by atoms with Crippen molar-refractivity contribution in [2.24, 2.45) is 0 Å². The Morgan fingerprint density at radius 2 is 1.60 bits per heavy atom. The lowest BCUT2D eigenvalue weighted by atomic mass is 10.1. The van der Waals surface area contributed by atoms with E-state index in [1.807, 2.05) is 0 Å². The second-order valence-electron chi connectivity index (χ2n) is 9.69. The summed E-state index contributed by atoms with van der Waals surface area (Å²) in [5.41, 5.74) is 0.769. The number of carbonyl (C=O) groups is 2. The molecule has 0 saturated heterocycles. The summed E-state index contributed by atoms with van der Waals surface area (Å²) in [7, 11) is -4.14. The lowest BCUT2D eigenvalue weighted by Crippen LogP contribution is -2.52. The maximum absolute atomic E-state index is 14.0. The molecule has 11 heteroatoms. The minimum atomic E-state index is -4.14. The van der Waals surface area contributed by atoms with Crippen molar-refractivity contribution in [1.82, 2.24) is 10.2 Å². The second kappa shape index (κ2) is 13.4. The first-order valence-electron chi connectivity index (χ1n) is 12.9. The first kappa shape index (κ1) is 30.4. The van der Waals surface area contributed by atoms with Crippen molar-refractivity contribution in [1.29, 1.82) is 0 Å². The molecule has 7 nitrogen and oxygen atoms in total. The Morgan fingerprint density at radius 1 is 0.975 bits per heavy atom. The highest BCUT2D eigenvalue weighted by Gasteiger charge is 2.34. The largest absolute Gasteiger partial charge is 0.352 e. The number of anilines is 1. The predicted molar refractivity (Wildman–Crippen MR) is 162 cm³/mol. The third kappa shape index (κ3) is 7.18. The Hall–Kier alpha value is -2.59. The van der Waals surface area contributed by atoms with Crippen LogP contribution >= 0.6 is 39.1 Å². The van der Waals surface area contributed by atoms with Gasteiger partial charge in [-0.05, 0) is 62.2 Å². The summed E-state index contributed by atoms with van der Waals surface area (Å²) >= 11 is 16.3. The molecule has 1 atom stereocenters. The Morgan fingerprint density at radius 3 is 2.23 bits per heavy atom. The first-order valence-corrected chi connectivity index (χ1v) is 15.9. The van der Waals surface area contributed by atoms with Gasteiger partial charge in [0.15, 0.2) is 0 Å². The van der Waals surface area contributed by atoms with Gasteiger partial charge in [0.25, 0.3) is 10.0 Å². The predicted octanol–water partition coefficient (Wildman–Crippen LogP) is 6.43. The van der Waals surface area contributed by atoms with Crippen LogP contribution in [0.3, 0.4) is 0 Å². The standard InChI is InChI=1S/C29H30BrCl2N3O4S/c1-20(29(37)33-22-10-5-6-11-22)34(18-25-26(31)15-8-16-27(25)32)28(36)19-35(23-12-7-9-21(30)17-23)40(38,39)24-13-3-2-4-14-24/h2-4,7-9,12-17,20,22H,5-6,10-11,18-19H2,1H3,(H,33,37)/t20-/m1/s1. The van der Waals surface area contributed by atoms with Crippen LogP contribution in [0.25, 0.3) is 0 Å². The van der Waals surface area contributed by atoms with Gasteiger partial charge in [-0.3, -0.25) is 13.9 Å². The van der Waals surface area contributed by atoms with E-state index in [4.69, 9.17) is 23.2 Å². The number of nitrogens with zero attached hydrogens (tertiary/aromatic N) is 2. The lowest BCUT2D eigenvalue weighted by molar-refractivity contribution is -0.139. The molecule has 0 aliphatic heterocycles. The molecule has 1 N–H and O–H groups in total. The number of sulfonamides is 1. The molecule has 1 saturated carbocycles. The van der Waals surface area contributed by atoms with Crippen molar-refractivity contribution in [3.05, 3.63) is 92.9 Å². The highest BCUT2D eigenvalue weighted by Crippen LogP contribution is 2.29. The van der Waals surface area contributed by atoms with Crippen LogP contribution in [0.1, 0.15) is 38.2 Å². The summed E-state index contributed by atoms with van der Waals surface area (Å²) < 4.78 is 29.3. The van der Waals surface area contributed by atoms with Crippen LogP contribution < -0.4 is 9.62 Å². The number of carbonyl (C=O) groups excluding carboxylic acids is 2. The van der Waals surface area contributed by atoms with E-state index in [2.05, 4.69) is 21.2 Å². The highest BCUT2D eigenvalue weighted by molar-refractivity contribution is 9.10. The Labute approximate surface area is 253 Å². The fourth-order valence-corrected chi connectivity index (χ4v) is 7.04. The normalized spacial score (nSPS) is 14.5. The van der Waals surface area contributed by atoms with Crippen molar-refractivity contribution in [3.8, 4) is 0 Å². The maximum atomic E-state index is 14.0. The molecule has 40 heavy (non-hydrogen) atoms. The number of halogens is 3. The molecule has 0 spiro atoms. The molecule has 1 fully saturated rings. The number of hydrogen-bond acceptors (Lipinski definition) is 4. The van der Waals surface area contributed by atoms with E-state index in [0.29, 0.717) is 25.8 Å². The van der Waals surface area contributed by atoms with Crippen LogP contribution in [0.15, 0.2) is 82.2 Å². The third-order valence-electron chi connectivity index (χ3n) is 6.97. The van der Waals surface area contributed by atoms with Crippen molar-refractivity contribution < 1.29 is 18.0 Å². The highest BCUT2D eigenvalue weighted by atomic mass is 79.9. The van der Waals surface area contributed by atoms with Crippen molar-refractivity contribution in [3.63, 3.8) is 0 Å². The van der Waals surface area contributed by atoms with E-state index in [0.717, 1.165) is 30.0 Å². The van der Waals surface area contributed by atoms with E-state index in [-0.39, 0.29) is 23.4 Å². The van der Waals surface area contributed by atoms with E-state index in [1.54, 1.807) is 67.6 Å². The molecular weight excluding hydrogens is 637 g/mol. The number of rotatable bonds is 10. The summed E-state index contributed by atoms with van der Waals surface area (Å²) in [5, 5.41) is 3.72. The minimum absolute atomic E-state index is 0.0375. The molecule has 212 valence electrons. The topological polar surface area (TPSA) is 86.8 Å². The quantitative estimate of drug-likeness (QED) is 0.270. The SMILES string of the molecule is C[C@H](C(=O)NC1CCCC1)N(Cc1c(Cl)cccc1Cl)C(=O)CN(c1cccc(Br)c1)S(=O)(=O)c1ccccc1. The molecule has 0 unspecified atom stereocenters. The summed E-state index contributed by atoms with van der Waals surface area (Å²) in [6.07, 6.45) is 3.84. The molecule has 0 heterocycles. The molecule has 3 aromatic rings.